The molecule has 1 aromatic rings. The molecule has 3 nitrogen and oxygen atoms in total. The van der Waals surface area contributed by atoms with Crippen molar-refractivity contribution in [3.05, 3.63) is 21.9 Å². The van der Waals surface area contributed by atoms with E-state index < -0.39 is 0 Å². The SMILES string of the molecule is NCC#Cc1ccc(CNC(=O)CCC2CCCCC2)s1. The summed E-state index contributed by atoms with van der Waals surface area (Å²) in [6.07, 6.45) is 8.38. The van der Waals surface area contributed by atoms with Crippen molar-refractivity contribution in [2.75, 3.05) is 6.54 Å². The van der Waals surface area contributed by atoms with E-state index in [2.05, 4.69) is 17.2 Å². The van der Waals surface area contributed by atoms with Crippen LogP contribution in [0.4, 0.5) is 0 Å². The Bertz CT molecular complexity index is 506. The van der Waals surface area contributed by atoms with Crippen LogP contribution in [-0.4, -0.2) is 12.5 Å². The molecule has 0 atom stereocenters. The monoisotopic (exact) mass is 304 g/mol. The van der Waals surface area contributed by atoms with Crippen LogP contribution in [0.3, 0.4) is 0 Å². The Morgan fingerprint density at radius 1 is 1.33 bits per heavy atom. The lowest BCUT2D eigenvalue weighted by Gasteiger charge is -2.20. The molecule has 0 radical (unpaired) electrons. The van der Waals surface area contributed by atoms with E-state index in [-0.39, 0.29) is 5.91 Å². The summed E-state index contributed by atoms with van der Waals surface area (Å²) in [7, 11) is 0. The van der Waals surface area contributed by atoms with Crippen LogP contribution in [0.5, 0.6) is 0 Å². The van der Waals surface area contributed by atoms with Gasteiger partial charge in [0.2, 0.25) is 5.91 Å². The number of hydrogen-bond donors (Lipinski definition) is 2. The first-order valence-corrected chi connectivity index (χ1v) is 8.64. The van der Waals surface area contributed by atoms with Crippen LogP contribution >= 0.6 is 11.3 Å². The Balaban J connectivity index is 1.67. The van der Waals surface area contributed by atoms with Crippen molar-refractivity contribution >= 4 is 17.2 Å². The Morgan fingerprint density at radius 3 is 2.90 bits per heavy atom. The molecule has 1 saturated carbocycles. The average molecular weight is 304 g/mol. The quantitative estimate of drug-likeness (QED) is 0.822. The molecule has 21 heavy (non-hydrogen) atoms. The van der Waals surface area contributed by atoms with Gasteiger partial charge in [0.05, 0.1) is 18.0 Å². The second kappa shape index (κ2) is 8.86. The molecule has 0 bridgehead atoms. The van der Waals surface area contributed by atoms with Crippen molar-refractivity contribution in [2.45, 2.75) is 51.5 Å². The first-order chi connectivity index (χ1) is 10.3. The minimum atomic E-state index is 0.170. The summed E-state index contributed by atoms with van der Waals surface area (Å²) in [6, 6.07) is 4.00. The number of nitrogens with one attached hydrogen (secondary N) is 1. The summed E-state index contributed by atoms with van der Waals surface area (Å²) in [6.45, 7) is 0.990. The fourth-order valence-corrected chi connectivity index (χ4v) is 3.59. The smallest absolute Gasteiger partial charge is 0.220 e. The molecule has 0 aliphatic heterocycles. The zero-order valence-electron chi connectivity index (χ0n) is 12.5. The first-order valence-electron chi connectivity index (χ1n) is 7.82. The van der Waals surface area contributed by atoms with Crippen LogP contribution in [-0.2, 0) is 11.3 Å². The van der Waals surface area contributed by atoms with Crippen LogP contribution in [0, 0.1) is 17.8 Å². The Hall–Kier alpha value is -1.31. The zero-order valence-corrected chi connectivity index (χ0v) is 13.3. The largest absolute Gasteiger partial charge is 0.351 e. The normalized spacial score (nSPS) is 15.3. The number of hydrogen-bond acceptors (Lipinski definition) is 3. The molecule has 0 spiro atoms. The lowest BCUT2D eigenvalue weighted by Crippen LogP contribution is -2.23. The fraction of sp³-hybridized carbons (Fsp3) is 0.588. The van der Waals surface area contributed by atoms with Gasteiger partial charge in [0.15, 0.2) is 0 Å². The van der Waals surface area contributed by atoms with E-state index in [1.165, 1.54) is 32.1 Å². The van der Waals surface area contributed by atoms with Gasteiger partial charge >= 0.3 is 0 Å². The van der Waals surface area contributed by atoms with Gasteiger partial charge in [-0.2, -0.15) is 0 Å². The number of carbonyl (C=O) groups is 1. The number of rotatable bonds is 5. The van der Waals surface area contributed by atoms with Crippen LogP contribution in [0.25, 0.3) is 0 Å². The lowest BCUT2D eigenvalue weighted by molar-refractivity contribution is -0.121. The molecule has 0 aromatic carbocycles. The Labute approximate surface area is 131 Å². The van der Waals surface area contributed by atoms with Crippen LogP contribution in [0.2, 0.25) is 0 Å². The lowest BCUT2D eigenvalue weighted by atomic mass is 9.86. The maximum atomic E-state index is 11.9. The second-order valence-electron chi connectivity index (χ2n) is 5.59. The van der Waals surface area contributed by atoms with E-state index in [1.807, 2.05) is 12.1 Å². The third kappa shape index (κ3) is 5.91. The molecule has 4 heteroatoms. The van der Waals surface area contributed by atoms with Gasteiger partial charge in [0.1, 0.15) is 0 Å². The molecule has 1 fully saturated rings. The van der Waals surface area contributed by atoms with Crippen molar-refractivity contribution in [3.63, 3.8) is 0 Å². The summed E-state index contributed by atoms with van der Waals surface area (Å²) >= 11 is 1.62. The molecule has 114 valence electrons. The van der Waals surface area contributed by atoms with Gasteiger partial charge in [-0.05, 0) is 24.5 Å². The van der Waals surface area contributed by atoms with Crippen molar-refractivity contribution in [3.8, 4) is 11.8 Å². The Kier molecular flexibility index (Phi) is 6.78. The summed E-state index contributed by atoms with van der Waals surface area (Å²) in [5.74, 6) is 6.79. The number of thiophene rings is 1. The summed E-state index contributed by atoms with van der Waals surface area (Å²) in [5.41, 5.74) is 5.35. The van der Waals surface area contributed by atoms with Crippen molar-refractivity contribution in [1.82, 2.24) is 5.32 Å². The topological polar surface area (TPSA) is 55.1 Å². The van der Waals surface area contributed by atoms with Gasteiger partial charge in [-0.25, -0.2) is 0 Å². The average Bonchev–Trinajstić information content (AvgIpc) is 2.98. The highest BCUT2D eigenvalue weighted by Gasteiger charge is 2.14. The molecule has 1 heterocycles. The summed E-state index contributed by atoms with van der Waals surface area (Å²) in [5, 5.41) is 3.01. The molecule has 1 aliphatic rings. The van der Waals surface area contributed by atoms with E-state index >= 15 is 0 Å². The van der Waals surface area contributed by atoms with E-state index in [4.69, 9.17) is 5.73 Å². The van der Waals surface area contributed by atoms with Gasteiger partial charge < -0.3 is 11.1 Å². The van der Waals surface area contributed by atoms with E-state index in [0.29, 0.717) is 19.5 Å². The van der Waals surface area contributed by atoms with Crippen molar-refractivity contribution < 1.29 is 4.79 Å². The van der Waals surface area contributed by atoms with Crippen molar-refractivity contribution in [1.29, 1.82) is 0 Å². The third-order valence-corrected chi connectivity index (χ3v) is 4.94. The number of amides is 1. The Morgan fingerprint density at radius 2 is 2.14 bits per heavy atom. The molecule has 3 N–H and O–H groups in total. The molecule has 0 saturated heterocycles. The summed E-state index contributed by atoms with van der Waals surface area (Å²) in [4.78, 5) is 14.0. The number of nitrogens with two attached hydrogens (primary N) is 1. The maximum absolute atomic E-state index is 11.9. The van der Waals surface area contributed by atoms with Gasteiger partial charge in [-0.1, -0.05) is 43.9 Å². The van der Waals surface area contributed by atoms with Crippen LogP contribution in [0.15, 0.2) is 12.1 Å². The van der Waals surface area contributed by atoms with Gasteiger partial charge in [0, 0.05) is 11.3 Å². The minimum Gasteiger partial charge on any atom is -0.351 e. The molecular weight excluding hydrogens is 280 g/mol. The standard InChI is InChI=1S/C17H24N2OS/c18-12-4-7-15-9-10-16(21-15)13-19-17(20)11-8-14-5-2-1-3-6-14/h9-10,14H,1-3,5-6,8,11-13,18H2,(H,19,20). The molecule has 0 unspecified atom stereocenters. The van der Waals surface area contributed by atoms with Crippen LogP contribution < -0.4 is 11.1 Å². The molecule has 1 amide bonds. The summed E-state index contributed by atoms with van der Waals surface area (Å²) < 4.78 is 0. The zero-order chi connectivity index (χ0) is 14.9. The fourth-order valence-electron chi connectivity index (χ4n) is 2.76. The van der Waals surface area contributed by atoms with Gasteiger partial charge in [0.25, 0.3) is 0 Å². The molecule has 1 aliphatic carbocycles. The van der Waals surface area contributed by atoms with Crippen molar-refractivity contribution in [2.24, 2.45) is 11.7 Å². The third-order valence-electron chi connectivity index (χ3n) is 3.94. The van der Waals surface area contributed by atoms with E-state index in [1.54, 1.807) is 11.3 Å². The predicted octanol–water partition coefficient (Wildman–Crippen LogP) is 3.04. The van der Waals surface area contributed by atoms with Gasteiger partial charge in [-0.3, -0.25) is 4.79 Å². The highest BCUT2D eigenvalue weighted by Crippen LogP contribution is 2.27. The van der Waals surface area contributed by atoms with E-state index in [9.17, 15) is 4.79 Å². The highest BCUT2D eigenvalue weighted by molar-refractivity contribution is 7.12. The highest BCUT2D eigenvalue weighted by atomic mass is 32.1. The molecule has 2 rings (SSSR count). The van der Waals surface area contributed by atoms with Gasteiger partial charge in [-0.15, -0.1) is 11.3 Å². The first kappa shape index (κ1) is 16.1. The molecular formula is C17H24N2OS. The minimum absolute atomic E-state index is 0.170. The molecule has 1 aromatic heterocycles. The second-order valence-corrected chi connectivity index (χ2v) is 6.76. The maximum Gasteiger partial charge on any atom is 0.220 e. The van der Waals surface area contributed by atoms with E-state index in [0.717, 1.165) is 22.1 Å². The predicted molar refractivity (Wildman–Crippen MR) is 87.9 cm³/mol. The number of carbonyl (C=O) groups excluding carboxylic acids is 1. The van der Waals surface area contributed by atoms with Crippen LogP contribution in [0.1, 0.15) is 54.7 Å².